The molecule has 2 aromatic rings. The molecule has 0 amide bonds. The number of hydrogen-bond acceptors (Lipinski definition) is 1. The fourth-order valence-electron chi connectivity index (χ4n) is 3.09. The van der Waals surface area contributed by atoms with Gasteiger partial charge in [-0.15, -0.1) is 0 Å². The van der Waals surface area contributed by atoms with Crippen LogP contribution >= 0.6 is 15.9 Å². The first-order valence-electron chi connectivity index (χ1n) is 5.78. The monoisotopic (exact) mass is 278 g/mol. The summed E-state index contributed by atoms with van der Waals surface area (Å²) >= 11 is 3.49. The van der Waals surface area contributed by atoms with Crippen LogP contribution in [-0.4, -0.2) is 16.5 Å². The van der Waals surface area contributed by atoms with Gasteiger partial charge in [-0.1, -0.05) is 15.9 Å². The van der Waals surface area contributed by atoms with Crippen LogP contribution in [0.15, 0.2) is 22.7 Å². The number of piperidine rings is 1. The van der Waals surface area contributed by atoms with Crippen molar-refractivity contribution in [2.45, 2.75) is 18.4 Å². The number of rotatable bonds is 1. The Morgan fingerprint density at radius 3 is 3.19 bits per heavy atom. The molecule has 3 nitrogen and oxygen atoms in total. The highest BCUT2D eigenvalue weighted by Gasteiger charge is 2.65. The molecule has 2 aliphatic rings. The summed E-state index contributed by atoms with van der Waals surface area (Å²) in [7, 11) is 0. The summed E-state index contributed by atoms with van der Waals surface area (Å²) in [6.45, 7) is 1.26. The van der Waals surface area contributed by atoms with Gasteiger partial charge < -0.3 is 10.3 Å². The lowest BCUT2D eigenvalue weighted by atomic mass is 10.2. The highest BCUT2D eigenvalue weighted by molar-refractivity contribution is 9.10. The number of quaternary nitrogens is 1. The molecule has 4 rings (SSSR count). The van der Waals surface area contributed by atoms with Crippen LogP contribution in [0.1, 0.15) is 18.7 Å². The number of nitrogens with zero attached hydrogens (tertiary/aromatic N) is 1. The normalized spacial score (nSPS) is 31.9. The van der Waals surface area contributed by atoms with Gasteiger partial charge >= 0.3 is 0 Å². The first kappa shape index (κ1) is 9.19. The molecule has 0 radical (unpaired) electrons. The lowest BCUT2D eigenvalue weighted by molar-refractivity contribution is -0.699. The van der Waals surface area contributed by atoms with Gasteiger partial charge in [0, 0.05) is 23.2 Å². The molecule has 2 atom stereocenters. The van der Waals surface area contributed by atoms with Crippen molar-refractivity contribution >= 4 is 27.0 Å². The van der Waals surface area contributed by atoms with Gasteiger partial charge in [0.25, 0.3) is 0 Å². The van der Waals surface area contributed by atoms with Gasteiger partial charge in [0.15, 0.2) is 11.4 Å². The summed E-state index contributed by atoms with van der Waals surface area (Å²) in [5.74, 6) is 2.04. The SMILES string of the molecule is Brc1ccc2nc(C34CC3CC[NH2+]4)[nH]c2c1. The van der Waals surface area contributed by atoms with E-state index < -0.39 is 0 Å². The summed E-state index contributed by atoms with van der Waals surface area (Å²) in [5, 5.41) is 2.46. The van der Waals surface area contributed by atoms with Crippen LogP contribution in [0.25, 0.3) is 11.0 Å². The number of nitrogens with one attached hydrogen (secondary N) is 1. The molecule has 1 aromatic carbocycles. The molecule has 1 saturated heterocycles. The number of H-pyrrole nitrogens is 1. The molecule has 1 aromatic heterocycles. The molecule has 0 bridgehead atoms. The molecular formula is C12H13BrN3+. The number of hydrogen-bond donors (Lipinski definition) is 2. The predicted molar refractivity (Wildman–Crippen MR) is 65.0 cm³/mol. The predicted octanol–water partition coefficient (Wildman–Crippen LogP) is 1.51. The Morgan fingerprint density at radius 2 is 2.44 bits per heavy atom. The van der Waals surface area contributed by atoms with Crippen molar-refractivity contribution in [2.24, 2.45) is 5.92 Å². The number of aromatic amines is 1. The summed E-state index contributed by atoms with van der Waals surface area (Å²) in [4.78, 5) is 8.23. The number of aromatic nitrogens is 2. The Morgan fingerprint density at radius 1 is 1.50 bits per heavy atom. The van der Waals surface area contributed by atoms with E-state index in [-0.39, 0.29) is 0 Å². The van der Waals surface area contributed by atoms with Gasteiger partial charge in [-0.2, -0.15) is 0 Å². The third-order valence-corrected chi connectivity index (χ3v) is 4.55. The molecule has 2 unspecified atom stereocenters. The van der Waals surface area contributed by atoms with Crippen molar-refractivity contribution in [2.75, 3.05) is 6.54 Å². The first-order chi connectivity index (χ1) is 7.78. The van der Waals surface area contributed by atoms with Crippen LogP contribution in [0.3, 0.4) is 0 Å². The van der Waals surface area contributed by atoms with Gasteiger partial charge in [-0.25, -0.2) is 4.98 Å². The molecule has 1 aliphatic carbocycles. The Labute approximate surface area is 102 Å². The third kappa shape index (κ3) is 1.09. The largest absolute Gasteiger partial charge is 0.337 e. The van der Waals surface area contributed by atoms with E-state index in [4.69, 9.17) is 4.98 Å². The second-order valence-electron chi connectivity index (χ2n) is 4.97. The molecule has 1 saturated carbocycles. The van der Waals surface area contributed by atoms with E-state index in [1.807, 2.05) is 6.07 Å². The molecule has 1 aliphatic heterocycles. The van der Waals surface area contributed by atoms with Crippen LogP contribution in [-0.2, 0) is 5.54 Å². The van der Waals surface area contributed by atoms with Gasteiger partial charge in [-0.05, 0) is 18.2 Å². The maximum atomic E-state index is 4.74. The zero-order valence-corrected chi connectivity index (χ0v) is 10.4. The van der Waals surface area contributed by atoms with Crippen LogP contribution < -0.4 is 5.32 Å². The molecule has 16 heavy (non-hydrogen) atoms. The number of nitrogens with two attached hydrogens (primary N) is 1. The fourth-order valence-corrected chi connectivity index (χ4v) is 3.45. The maximum absolute atomic E-state index is 4.74. The van der Waals surface area contributed by atoms with Gasteiger partial charge in [0.1, 0.15) is 0 Å². The van der Waals surface area contributed by atoms with Crippen LogP contribution in [0.5, 0.6) is 0 Å². The Hall–Kier alpha value is -0.870. The Bertz CT molecular complexity index is 577. The lowest BCUT2D eigenvalue weighted by Crippen LogP contribution is -2.88. The summed E-state index contributed by atoms with van der Waals surface area (Å²) < 4.78 is 1.11. The molecule has 2 fully saturated rings. The highest BCUT2D eigenvalue weighted by atomic mass is 79.9. The number of imidazole rings is 1. The minimum absolute atomic E-state index is 0.311. The molecule has 4 heteroatoms. The average Bonchev–Trinajstić information content (AvgIpc) is 2.69. The molecule has 0 spiro atoms. The summed E-state index contributed by atoms with van der Waals surface area (Å²) in [6, 6.07) is 6.23. The second-order valence-corrected chi connectivity index (χ2v) is 5.89. The van der Waals surface area contributed by atoms with Crippen molar-refractivity contribution < 1.29 is 5.32 Å². The maximum Gasteiger partial charge on any atom is 0.169 e. The standard InChI is InChI=1S/C12H12BrN3/c13-8-1-2-9-10(5-8)16-11(15-9)12-6-7(12)3-4-14-12/h1-2,5,7,14H,3-4,6H2,(H,15,16)/p+1. The van der Waals surface area contributed by atoms with Crippen LogP contribution in [0.4, 0.5) is 0 Å². The minimum atomic E-state index is 0.311. The third-order valence-electron chi connectivity index (χ3n) is 4.06. The topological polar surface area (TPSA) is 45.3 Å². The summed E-state index contributed by atoms with van der Waals surface area (Å²) in [5.41, 5.74) is 2.54. The summed E-state index contributed by atoms with van der Waals surface area (Å²) in [6.07, 6.45) is 2.65. The molecular weight excluding hydrogens is 266 g/mol. The zero-order valence-electron chi connectivity index (χ0n) is 8.83. The fraction of sp³-hybridized carbons (Fsp3) is 0.417. The lowest BCUT2D eigenvalue weighted by Gasteiger charge is -2.05. The van der Waals surface area contributed by atoms with Crippen molar-refractivity contribution in [1.29, 1.82) is 0 Å². The quantitative estimate of drug-likeness (QED) is 0.816. The smallest absolute Gasteiger partial charge is 0.169 e. The van der Waals surface area contributed by atoms with Crippen molar-refractivity contribution in [3.05, 3.63) is 28.5 Å². The molecule has 2 heterocycles. The molecule has 82 valence electrons. The van der Waals surface area contributed by atoms with E-state index in [0.717, 1.165) is 21.4 Å². The van der Waals surface area contributed by atoms with Crippen LogP contribution in [0.2, 0.25) is 0 Å². The number of halogens is 1. The minimum Gasteiger partial charge on any atom is -0.337 e. The number of benzene rings is 1. The average molecular weight is 279 g/mol. The van der Waals surface area contributed by atoms with Gasteiger partial charge in [-0.3, -0.25) is 0 Å². The first-order valence-corrected chi connectivity index (χ1v) is 6.57. The highest BCUT2D eigenvalue weighted by Crippen LogP contribution is 2.51. The second kappa shape index (κ2) is 2.87. The van der Waals surface area contributed by atoms with Gasteiger partial charge in [0.2, 0.25) is 0 Å². The van der Waals surface area contributed by atoms with Crippen LogP contribution in [0, 0.1) is 5.92 Å². The van der Waals surface area contributed by atoms with E-state index in [2.05, 4.69) is 38.4 Å². The van der Waals surface area contributed by atoms with Crippen molar-refractivity contribution in [3.8, 4) is 0 Å². The van der Waals surface area contributed by atoms with Crippen molar-refractivity contribution in [1.82, 2.24) is 9.97 Å². The zero-order chi connectivity index (χ0) is 10.8. The Kier molecular flexibility index (Phi) is 1.65. The molecule has 3 N–H and O–H groups in total. The van der Waals surface area contributed by atoms with E-state index in [0.29, 0.717) is 5.54 Å². The van der Waals surface area contributed by atoms with Crippen molar-refractivity contribution in [3.63, 3.8) is 0 Å². The van der Waals surface area contributed by atoms with E-state index in [1.54, 1.807) is 0 Å². The van der Waals surface area contributed by atoms with Gasteiger partial charge in [0.05, 0.1) is 17.6 Å². The number of fused-ring (bicyclic) bond motifs is 2. The Balaban J connectivity index is 1.87. The van der Waals surface area contributed by atoms with E-state index in [1.165, 1.54) is 25.2 Å². The van der Waals surface area contributed by atoms with E-state index >= 15 is 0 Å². The van der Waals surface area contributed by atoms with E-state index in [9.17, 15) is 0 Å².